The SMILES string of the molecule is Cc1c(C#CCO)cccc1C(=O)NCCC(C)(C)C. The molecule has 0 spiro atoms. The molecule has 3 heteroatoms. The van der Waals surface area contributed by atoms with E-state index in [4.69, 9.17) is 5.11 Å². The van der Waals surface area contributed by atoms with Gasteiger partial charge in [-0.25, -0.2) is 0 Å². The highest BCUT2D eigenvalue weighted by Crippen LogP contribution is 2.17. The number of hydrogen-bond donors (Lipinski definition) is 2. The minimum Gasteiger partial charge on any atom is -0.384 e. The van der Waals surface area contributed by atoms with E-state index in [0.29, 0.717) is 12.1 Å². The summed E-state index contributed by atoms with van der Waals surface area (Å²) in [5.41, 5.74) is 2.48. The van der Waals surface area contributed by atoms with Gasteiger partial charge in [0.1, 0.15) is 6.61 Å². The molecule has 0 aromatic heterocycles. The summed E-state index contributed by atoms with van der Waals surface area (Å²) >= 11 is 0. The van der Waals surface area contributed by atoms with Gasteiger partial charge in [-0.15, -0.1) is 0 Å². The molecular weight excluding hydrogens is 250 g/mol. The molecular formula is C17H23NO2. The predicted octanol–water partition coefficient (Wildman–Crippen LogP) is 2.50. The van der Waals surface area contributed by atoms with E-state index in [1.165, 1.54) is 0 Å². The molecule has 0 saturated carbocycles. The first-order valence-corrected chi connectivity index (χ1v) is 6.83. The summed E-state index contributed by atoms with van der Waals surface area (Å²) < 4.78 is 0. The zero-order chi connectivity index (χ0) is 15.2. The van der Waals surface area contributed by atoms with Gasteiger partial charge in [0.05, 0.1) is 0 Å². The fourth-order valence-corrected chi connectivity index (χ4v) is 1.80. The molecule has 0 aliphatic carbocycles. The van der Waals surface area contributed by atoms with Crippen LogP contribution in [0.25, 0.3) is 0 Å². The van der Waals surface area contributed by atoms with Crippen LogP contribution in [0.5, 0.6) is 0 Å². The third kappa shape index (κ3) is 5.07. The second kappa shape index (κ2) is 7.12. The fraction of sp³-hybridized carbons (Fsp3) is 0.471. The van der Waals surface area contributed by atoms with Crippen LogP contribution in [-0.2, 0) is 0 Å². The van der Waals surface area contributed by atoms with Crippen LogP contribution in [0.4, 0.5) is 0 Å². The van der Waals surface area contributed by atoms with Crippen molar-refractivity contribution in [3.8, 4) is 11.8 Å². The number of amides is 1. The number of hydrogen-bond acceptors (Lipinski definition) is 2. The standard InChI is InChI=1S/C17H23NO2/c1-13-14(8-6-12-19)7-5-9-15(13)16(20)18-11-10-17(2,3)4/h5,7,9,19H,10-12H2,1-4H3,(H,18,20). The topological polar surface area (TPSA) is 49.3 Å². The molecule has 0 atom stereocenters. The first-order valence-electron chi connectivity index (χ1n) is 6.83. The lowest BCUT2D eigenvalue weighted by molar-refractivity contribution is 0.0949. The lowest BCUT2D eigenvalue weighted by atomic mass is 9.92. The molecule has 108 valence electrons. The summed E-state index contributed by atoms with van der Waals surface area (Å²) in [7, 11) is 0. The minimum atomic E-state index is -0.179. The van der Waals surface area contributed by atoms with Crippen LogP contribution in [-0.4, -0.2) is 24.2 Å². The monoisotopic (exact) mass is 273 g/mol. The first kappa shape index (κ1) is 16.3. The Morgan fingerprint density at radius 2 is 2.05 bits per heavy atom. The molecule has 0 fully saturated rings. The van der Waals surface area contributed by atoms with Gasteiger partial charge in [0.15, 0.2) is 0 Å². The Morgan fingerprint density at radius 1 is 1.35 bits per heavy atom. The van der Waals surface area contributed by atoms with Crippen LogP contribution < -0.4 is 5.32 Å². The Balaban J connectivity index is 2.78. The van der Waals surface area contributed by atoms with E-state index in [2.05, 4.69) is 37.9 Å². The van der Waals surface area contributed by atoms with E-state index in [9.17, 15) is 4.79 Å². The Kier molecular flexibility index (Phi) is 5.79. The number of carbonyl (C=O) groups is 1. The van der Waals surface area contributed by atoms with E-state index >= 15 is 0 Å². The third-order valence-electron chi connectivity index (χ3n) is 3.04. The maximum absolute atomic E-state index is 12.2. The van der Waals surface area contributed by atoms with Crippen molar-refractivity contribution >= 4 is 5.91 Å². The van der Waals surface area contributed by atoms with Crippen LogP contribution >= 0.6 is 0 Å². The van der Waals surface area contributed by atoms with Crippen molar-refractivity contribution in [2.45, 2.75) is 34.1 Å². The van der Waals surface area contributed by atoms with E-state index in [-0.39, 0.29) is 17.9 Å². The van der Waals surface area contributed by atoms with Crippen LogP contribution in [0.3, 0.4) is 0 Å². The van der Waals surface area contributed by atoms with Crippen molar-refractivity contribution in [1.29, 1.82) is 0 Å². The second-order valence-corrected chi connectivity index (χ2v) is 6.00. The van der Waals surface area contributed by atoms with Crippen LogP contribution in [0.15, 0.2) is 18.2 Å². The molecule has 0 unspecified atom stereocenters. The maximum atomic E-state index is 12.2. The number of benzene rings is 1. The smallest absolute Gasteiger partial charge is 0.251 e. The summed E-state index contributed by atoms with van der Waals surface area (Å²) in [5, 5.41) is 11.7. The molecule has 1 amide bonds. The van der Waals surface area contributed by atoms with E-state index in [1.54, 1.807) is 6.07 Å². The van der Waals surface area contributed by atoms with Gasteiger partial charge in [0, 0.05) is 17.7 Å². The van der Waals surface area contributed by atoms with E-state index in [1.807, 2.05) is 19.1 Å². The Bertz CT molecular complexity index is 530. The van der Waals surface area contributed by atoms with Gasteiger partial charge >= 0.3 is 0 Å². The van der Waals surface area contributed by atoms with Gasteiger partial charge < -0.3 is 10.4 Å². The molecule has 0 saturated heterocycles. The van der Waals surface area contributed by atoms with Gasteiger partial charge in [0.25, 0.3) is 5.91 Å². The quantitative estimate of drug-likeness (QED) is 0.831. The van der Waals surface area contributed by atoms with Gasteiger partial charge in [-0.05, 0) is 36.5 Å². The summed E-state index contributed by atoms with van der Waals surface area (Å²) in [5.74, 6) is 5.40. The number of aliphatic hydroxyl groups is 1. The second-order valence-electron chi connectivity index (χ2n) is 6.00. The first-order chi connectivity index (χ1) is 9.35. The summed E-state index contributed by atoms with van der Waals surface area (Å²) in [4.78, 5) is 12.2. The summed E-state index contributed by atoms with van der Waals surface area (Å²) in [6, 6.07) is 5.46. The van der Waals surface area contributed by atoms with Gasteiger partial charge in [-0.3, -0.25) is 4.79 Å². The molecule has 1 aromatic rings. The van der Waals surface area contributed by atoms with Crippen molar-refractivity contribution in [2.75, 3.05) is 13.2 Å². The van der Waals surface area contributed by atoms with Gasteiger partial charge in [-0.1, -0.05) is 38.7 Å². The van der Waals surface area contributed by atoms with Gasteiger partial charge in [0.2, 0.25) is 0 Å². The minimum absolute atomic E-state index is 0.0700. The largest absolute Gasteiger partial charge is 0.384 e. The normalized spacial score (nSPS) is 10.7. The lowest BCUT2D eigenvalue weighted by Gasteiger charge is -2.18. The maximum Gasteiger partial charge on any atom is 0.251 e. The molecule has 0 aliphatic heterocycles. The molecule has 20 heavy (non-hydrogen) atoms. The molecule has 2 N–H and O–H groups in total. The lowest BCUT2D eigenvalue weighted by Crippen LogP contribution is -2.27. The molecule has 3 nitrogen and oxygen atoms in total. The molecule has 1 aromatic carbocycles. The molecule has 1 rings (SSSR count). The van der Waals surface area contributed by atoms with Crippen molar-refractivity contribution in [3.05, 3.63) is 34.9 Å². The van der Waals surface area contributed by atoms with Gasteiger partial charge in [-0.2, -0.15) is 0 Å². The average molecular weight is 273 g/mol. The predicted molar refractivity (Wildman–Crippen MR) is 81.5 cm³/mol. The number of aliphatic hydroxyl groups excluding tert-OH is 1. The average Bonchev–Trinajstić information content (AvgIpc) is 2.36. The molecule has 0 heterocycles. The highest BCUT2D eigenvalue weighted by molar-refractivity contribution is 5.96. The number of rotatable bonds is 3. The van der Waals surface area contributed by atoms with Crippen molar-refractivity contribution < 1.29 is 9.90 Å². The molecule has 0 aliphatic rings. The third-order valence-corrected chi connectivity index (χ3v) is 3.04. The molecule has 0 bridgehead atoms. The number of nitrogens with one attached hydrogen (secondary N) is 1. The van der Waals surface area contributed by atoms with Crippen molar-refractivity contribution in [2.24, 2.45) is 5.41 Å². The Morgan fingerprint density at radius 3 is 2.65 bits per heavy atom. The Hall–Kier alpha value is -1.79. The molecule has 0 radical (unpaired) electrons. The summed E-state index contributed by atoms with van der Waals surface area (Å²) in [6.07, 6.45) is 0.932. The van der Waals surface area contributed by atoms with E-state index < -0.39 is 0 Å². The fourth-order valence-electron chi connectivity index (χ4n) is 1.80. The van der Waals surface area contributed by atoms with Crippen LogP contribution in [0, 0.1) is 24.2 Å². The van der Waals surface area contributed by atoms with Crippen LogP contribution in [0.2, 0.25) is 0 Å². The zero-order valence-corrected chi connectivity index (χ0v) is 12.7. The highest BCUT2D eigenvalue weighted by atomic mass is 16.2. The Labute approximate surface area is 121 Å². The zero-order valence-electron chi connectivity index (χ0n) is 12.7. The number of carbonyl (C=O) groups excluding carboxylic acids is 1. The highest BCUT2D eigenvalue weighted by Gasteiger charge is 2.13. The van der Waals surface area contributed by atoms with Crippen LogP contribution in [0.1, 0.15) is 48.7 Å². The summed E-state index contributed by atoms with van der Waals surface area (Å²) in [6.45, 7) is 8.80. The van der Waals surface area contributed by atoms with E-state index in [0.717, 1.165) is 17.5 Å². The van der Waals surface area contributed by atoms with Crippen molar-refractivity contribution in [3.63, 3.8) is 0 Å². The van der Waals surface area contributed by atoms with Crippen molar-refractivity contribution in [1.82, 2.24) is 5.32 Å².